The molecule has 2 aromatic rings. The van der Waals surface area contributed by atoms with Crippen molar-refractivity contribution in [1.29, 1.82) is 0 Å². The molecule has 17 heavy (non-hydrogen) atoms. The van der Waals surface area contributed by atoms with Crippen LogP contribution in [0.2, 0.25) is 0 Å². The molecular formula is C13H16N2O2. The number of benzene rings is 1. The fourth-order valence-electron chi connectivity index (χ4n) is 2.38. The van der Waals surface area contributed by atoms with Gasteiger partial charge in [0.15, 0.2) is 0 Å². The van der Waals surface area contributed by atoms with Crippen molar-refractivity contribution in [3.8, 4) is 5.75 Å². The Balaban J connectivity index is 1.80. The summed E-state index contributed by atoms with van der Waals surface area (Å²) in [5.74, 6) is 0.787. The molecule has 4 N–H and O–H groups in total. The number of hydrogen-bond donors (Lipinski definition) is 3. The third kappa shape index (κ3) is 1.90. The zero-order valence-corrected chi connectivity index (χ0v) is 9.47. The van der Waals surface area contributed by atoms with E-state index in [1.54, 1.807) is 0 Å². The molecule has 1 aliphatic rings. The number of aliphatic hydroxyl groups is 1. The fourth-order valence-corrected chi connectivity index (χ4v) is 2.38. The Kier molecular flexibility index (Phi) is 2.53. The number of nitrogens with two attached hydrogens (primary N) is 1. The van der Waals surface area contributed by atoms with E-state index >= 15 is 0 Å². The lowest BCUT2D eigenvalue weighted by Gasteiger charge is -2.18. The lowest BCUT2D eigenvalue weighted by atomic mass is 10.2. The number of H-pyrrole nitrogens is 1. The molecule has 0 amide bonds. The van der Waals surface area contributed by atoms with Gasteiger partial charge < -0.3 is 20.6 Å². The van der Waals surface area contributed by atoms with E-state index in [0.717, 1.165) is 29.5 Å². The summed E-state index contributed by atoms with van der Waals surface area (Å²) in [6.07, 6.45) is 2.79. The minimum atomic E-state index is -0.558. The highest BCUT2D eigenvalue weighted by molar-refractivity contribution is 5.80. The van der Waals surface area contributed by atoms with Crippen molar-refractivity contribution < 1.29 is 9.84 Å². The third-order valence-corrected chi connectivity index (χ3v) is 3.42. The second-order valence-electron chi connectivity index (χ2n) is 4.61. The first kappa shape index (κ1) is 10.6. The SMILES string of the molecule is NC1CCC(Oc2ccc3[nH]ccc3c2)C1O. The molecule has 4 heteroatoms. The Morgan fingerprint density at radius 1 is 1.29 bits per heavy atom. The molecule has 0 saturated heterocycles. The summed E-state index contributed by atoms with van der Waals surface area (Å²) in [6.45, 7) is 0. The van der Waals surface area contributed by atoms with E-state index in [1.807, 2.05) is 30.5 Å². The standard InChI is InChI=1S/C13H16N2O2/c14-10-2-4-12(13(10)16)17-9-1-3-11-8(7-9)5-6-15-11/h1,3,5-7,10,12-13,15-16H,2,4,14H2. The molecule has 3 rings (SSSR count). The molecule has 1 saturated carbocycles. The molecule has 0 bridgehead atoms. The van der Waals surface area contributed by atoms with E-state index in [4.69, 9.17) is 10.5 Å². The summed E-state index contributed by atoms with van der Waals surface area (Å²) in [5, 5.41) is 10.9. The highest BCUT2D eigenvalue weighted by Gasteiger charge is 2.33. The van der Waals surface area contributed by atoms with Crippen LogP contribution in [0.15, 0.2) is 30.5 Å². The smallest absolute Gasteiger partial charge is 0.126 e. The van der Waals surface area contributed by atoms with Crippen molar-refractivity contribution in [2.24, 2.45) is 5.73 Å². The van der Waals surface area contributed by atoms with E-state index < -0.39 is 6.10 Å². The highest BCUT2D eigenvalue weighted by Crippen LogP contribution is 2.26. The number of fused-ring (bicyclic) bond motifs is 1. The van der Waals surface area contributed by atoms with Crippen molar-refractivity contribution in [2.45, 2.75) is 31.1 Å². The predicted octanol–water partition coefficient (Wildman–Crippen LogP) is 1.40. The van der Waals surface area contributed by atoms with Crippen LogP contribution in [0.3, 0.4) is 0 Å². The van der Waals surface area contributed by atoms with Gasteiger partial charge in [0.05, 0.1) is 0 Å². The van der Waals surface area contributed by atoms with Crippen molar-refractivity contribution >= 4 is 10.9 Å². The lowest BCUT2D eigenvalue weighted by molar-refractivity contribution is 0.0522. The molecule has 1 aromatic carbocycles. The Bertz CT molecular complexity index is 523. The predicted molar refractivity (Wildman–Crippen MR) is 65.9 cm³/mol. The lowest BCUT2D eigenvalue weighted by Crippen LogP contribution is -2.37. The van der Waals surface area contributed by atoms with E-state index in [0.29, 0.717) is 0 Å². The third-order valence-electron chi connectivity index (χ3n) is 3.42. The minimum absolute atomic E-state index is 0.156. The molecule has 1 heterocycles. The normalized spacial score (nSPS) is 28.7. The highest BCUT2D eigenvalue weighted by atomic mass is 16.5. The molecule has 0 spiro atoms. The summed E-state index contributed by atoms with van der Waals surface area (Å²) in [4.78, 5) is 3.13. The first-order chi connectivity index (χ1) is 8.24. The average molecular weight is 232 g/mol. The van der Waals surface area contributed by atoms with Gasteiger partial charge in [-0.3, -0.25) is 0 Å². The van der Waals surface area contributed by atoms with Crippen LogP contribution in [0.25, 0.3) is 10.9 Å². The molecule has 1 fully saturated rings. The van der Waals surface area contributed by atoms with Gasteiger partial charge in [0.1, 0.15) is 18.0 Å². The van der Waals surface area contributed by atoms with Gasteiger partial charge in [0, 0.05) is 23.1 Å². The van der Waals surface area contributed by atoms with Crippen LogP contribution in [0, 0.1) is 0 Å². The van der Waals surface area contributed by atoms with Crippen LogP contribution in [0.4, 0.5) is 0 Å². The van der Waals surface area contributed by atoms with Crippen LogP contribution in [0.1, 0.15) is 12.8 Å². The van der Waals surface area contributed by atoms with Gasteiger partial charge in [0.2, 0.25) is 0 Å². The molecule has 1 aliphatic carbocycles. The number of rotatable bonds is 2. The van der Waals surface area contributed by atoms with Gasteiger partial charge in [-0.25, -0.2) is 0 Å². The van der Waals surface area contributed by atoms with E-state index in [1.165, 1.54) is 0 Å². The number of aromatic nitrogens is 1. The summed E-state index contributed by atoms with van der Waals surface area (Å²) >= 11 is 0. The van der Waals surface area contributed by atoms with Crippen LogP contribution in [-0.2, 0) is 0 Å². The van der Waals surface area contributed by atoms with Crippen molar-refractivity contribution in [2.75, 3.05) is 0 Å². The summed E-state index contributed by atoms with van der Waals surface area (Å²) in [5.41, 5.74) is 6.85. The second kappa shape index (κ2) is 4.05. The number of nitrogens with one attached hydrogen (secondary N) is 1. The molecular weight excluding hydrogens is 216 g/mol. The van der Waals surface area contributed by atoms with Gasteiger partial charge >= 0.3 is 0 Å². The van der Waals surface area contributed by atoms with E-state index in [9.17, 15) is 5.11 Å². The average Bonchev–Trinajstić information content (AvgIpc) is 2.90. The van der Waals surface area contributed by atoms with Gasteiger partial charge in [-0.15, -0.1) is 0 Å². The molecule has 90 valence electrons. The Morgan fingerprint density at radius 2 is 2.18 bits per heavy atom. The monoisotopic (exact) mass is 232 g/mol. The van der Waals surface area contributed by atoms with Crippen LogP contribution in [-0.4, -0.2) is 28.3 Å². The fraction of sp³-hybridized carbons (Fsp3) is 0.385. The van der Waals surface area contributed by atoms with Crippen molar-refractivity contribution in [3.63, 3.8) is 0 Å². The topological polar surface area (TPSA) is 71.3 Å². The number of aliphatic hydroxyl groups excluding tert-OH is 1. The minimum Gasteiger partial charge on any atom is -0.488 e. The summed E-state index contributed by atoms with van der Waals surface area (Å²) in [7, 11) is 0. The maximum absolute atomic E-state index is 9.84. The van der Waals surface area contributed by atoms with Crippen LogP contribution < -0.4 is 10.5 Å². The van der Waals surface area contributed by atoms with E-state index in [-0.39, 0.29) is 12.1 Å². The van der Waals surface area contributed by atoms with Crippen LogP contribution >= 0.6 is 0 Å². The molecule has 0 radical (unpaired) electrons. The number of aromatic amines is 1. The maximum atomic E-state index is 9.84. The van der Waals surface area contributed by atoms with Gasteiger partial charge in [-0.2, -0.15) is 0 Å². The summed E-state index contributed by atoms with van der Waals surface area (Å²) in [6, 6.07) is 7.71. The van der Waals surface area contributed by atoms with Gasteiger partial charge in [0.25, 0.3) is 0 Å². The second-order valence-corrected chi connectivity index (χ2v) is 4.61. The van der Waals surface area contributed by atoms with Gasteiger partial charge in [-0.1, -0.05) is 0 Å². The number of ether oxygens (including phenoxy) is 1. The molecule has 1 aromatic heterocycles. The zero-order valence-electron chi connectivity index (χ0n) is 9.47. The first-order valence-corrected chi connectivity index (χ1v) is 5.91. The van der Waals surface area contributed by atoms with Crippen molar-refractivity contribution in [1.82, 2.24) is 4.98 Å². The Hall–Kier alpha value is -1.52. The summed E-state index contributed by atoms with van der Waals surface area (Å²) < 4.78 is 5.79. The molecule has 3 unspecified atom stereocenters. The Labute approximate surface area is 99.4 Å². The Morgan fingerprint density at radius 3 is 2.94 bits per heavy atom. The molecule has 0 aliphatic heterocycles. The van der Waals surface area contributed by atoms with Crippen molar-refractivity contribution in [3.05, 3.63) is 30.5 Å². The number of hydrogen-bond acceptors (Lipinski definition) is 3. The quantitative estimate of drug-likeness (QED) is 0.733. The zero-order chi connectivity index (χ0) is 11.8. The van der Waals surface area contributed by atoms with E-state index in [2.05, 4.69) is 4.98 Å². The maximum Gasteiger partial charge on any atom is 0.126 e. The largest absolute Gasteiger partial charge is 0.488 e. The first-order valence-electron chi connectivity index (χ1n) is 5.91. The van der Waals surface area contributed by atoms with Gasteiger partial charge in [-0.05, 0) is 37.1 Å². The van der Waals surface area contributed by atoms with Crippen LogP contribution in [0.5, 0.6) is 5.75 Å². The molecule has 4 nitrogen and oxygen atoms in total. The molecule has 3 atom stereocenters.